The van der Waals surface area contributed by atoms with Crippen molar-refractivity contribution in [3.8, 4) is 0 Å². The monoisotopic (exact) mass is 385 g/mol. The molecule has 2 aromatic heterocycles. The molecule has 1 fully saturated rings. The van der Waals surface area contributed by atoms with E-state index >= 15 is 0 Å². The van der Waals surface area contributed by atoms with Crippen molar-refractivity contribution in [2.75, 3.05) is 18.6 Å². The summed E-state index contributed by atoms with van der Waals surface area (Å²) in [5, 5.41) is 11.6. The lowest BCUT2D eigenvalue weighted by atomic mass is 10.2. The van der Waals surface area contributed by atoms with Gasteiger partial charge in [0.25, 0.3) is 0 Å². The highest BCUT2D eigenvalue weighted by atomic mass is 32.2. The van der Waals surface area contributed by atoms with E-state index in [2.05, 4.69) is 15.5 Å². The van der Waals surface area contributed by atoms with E-state index in [1.54, 1.807) is 31.0 Å². The second-order valence-corrected chi connectivity index (χ2v) is 9.50. The van der Waals surface area contributed by atoms with Crippen LogP contribution in [0.2, 0.25) is 0 Å². The Balaban J connectivity index is 1.63. The van der Waals surface area contributed by atoms with Gasteiger partial charge < -0.3 is 9.32 Å². The summed E-state index contributed by atoms with van der Waals surface area (Å²) >= 11 is 1.24. The molecule has 1 saturated heterocycles. The maximum Gasteiger partial charge on any atom is 0.235 e. The summed E-state index contributed by atoms with van der Waals surface area (Å²) in [5.74, 6) is 0.738. The molecule has 0 N–H and O–H groups in total. The standard InChI is InChI=1S/C14H19N5O4S2/c1-10(13(20)18(2)11-5-7-25(21,22)9-11)24-14-15-16-17-19(14)8-12-4-3-6-23-12/h3-4,6,10-11H,5,7-9H2,1-2H3. The van der Waals surface area contributed by atoms with Crippen LogP contribution in [0.5, 0.6) is 0 Å². The van der Waals surface area contributed by atoms with Crippen molar-refractivity contribution in [2.45, 2.75) is 36.3 Å². The minimum Gasteiger partial charge on any atom is -0.467 e. The third-order valence-corrected chi connectivity index (χ3v) is 6.93. The first-order chi connectivity index (χ1) is 11.9. The molecule has 3 rings (SSSR count). The van der Waals surface area contributed by atoms with E-state index in [0.29, 0.717) is 23.9 Å². The van der Waals surface area contributed by atoms with Crippen LogP contribution in [0.1, 0.15) is 19.1 Å². The Labute approximate surface area is 149 Å². The van der Waals surface area contributed by atoms with Crippen molar-refractivity contribution in [1.82, 2.24) is 25.1 Å². The molecular formula is C14H19N5O4S2. The Kier molecular flexibility index (Phi) is 5.13. The van der Waals surface area contributed by atoms with Crippen LogP contribution in [0.25, 0.3) is 0 Å². The molecule has 2 aromatic rings. The van der Waals surface area contributed by atoms with E-state index in [9.17, 15) is 13.2 Å². The number of tetrazole rings is 1. The molecule has 1 aliphatic heterocycles. The SMILES string of the molecule is CC(Sc1nnnn1Cc1ccco1)C(=O)N(C)C1CCS(=O)(=O)C1. The number of carbonyl (C=O) groups is 1. The molecule has 0 radical (unpaired) electrons. The zero-order valence-electron chi connectivity index (χ0n) is 13.9. The first kappa shape index (κ1) is 17.9. The highest BCUT2D eigenvalue weighted by Crippen LogP contribution is 2.25. The number of thioether (sulfide) groups is 1. The Hall–Kier alpha value is -1.88. The molecule has 0 saturated carbocycles. The lowest BCUT2D eigenvalue weighted by Crippen LogP contribution is -2.41. The molecule has 2 atom stereocenters. The van der Waals surface area contributed by atoms with E-state index in [1.807, 2.05) is 6.07 Å². The molecule has 11 heteroatoms. The lowest BCUT2D eigenvalue weighted by molar-refractivity contribution is -0.130. The van der Waals surface area contributed by atoms with Crippen LogP contribution in [0.4, 0.5) is 0 Å². The van der Waals surface area contributed by atoms with E-state index in [1.165, 1.54) is 16.7 Å². The maximum absolute atomic E-state index is 12.6. The molecule has 0 aliphatic carbocycles. The zero-order valence-corrected chi connectivity index (χ0v) is 15.5. The third kappa shape index (κ3) is 4.21. The predicted molar refractivity (Wildman–Crippen MR) is 90.8 cm³/mol. The number of nitrogens with zero attached hydrogens (tertiary/aromatic N) is 5. The number of furan rings is 1. The zero-order chi connectivity index (χ0) is 18.0. The Bertz CT molecular complexity index is 833. The van der Waals surface area contributed by atoms with E-state index in [0.717, 1.165) is 0 Å². The van der Waals surface area contributed by atoms with Gasteiger partial charge in [-0.1, -0.05) is 11.8 Å². The number of rotatable bonds is 6. The molecule has 2 unspecified atom stereocenters. The van der Waals surface area contributed by atoms with Gasteiger partial charge >= 0.3 is 0 Å². The van der Waals surface area contributed by atoms with Crippen LogP contribution in [-0.2, 0) is 21.2 Å². The van der Waals surface area contributed by atoms with Crippen molar-refractivity contribution < 1.29 is 17.6 Å². The Morgan fingerprint density at radius 3 is 3.00 bits per heavy atom. The van der Waals surface area contributed by atoms with Crippen LogP contribution >= 0.6 is 11.8 Å². The van der Waals surface area contributed by atoms with Gasteiger partial charge in [0.15, 0.2) is 9.84 Å². The predicted octanol–water partition coefficient (Wildman–Crippen LogP) is 0.441. The largest absolute Gasteiger partial charge is 0.467 e. The highest BCUT2D eigenvalue weighted by Gasteiger charge is 2.34. The number of aromatic nitrogens is 4. The maximum atomic E-state index is 12.6. The third-order valence-electron chi connectivity index (χ3n) is 4.12. The summed E-state index contributed by atoms with van der Waals surface area (Å²) in [7, 11) is -1.38. The summed E-state index contributed by atoms with van der Waals surface area (Å²) in [4.78, 5) is 14.1. The van der Waals surface area contributed by atoms with Crippen LogP contribution in [-0.4, -0.2) is 69.3 Å². The van der Waals surface area contributed by atoms with Crippen LogP contribution in [0, 0.1) is 0 Å². The smallest absolute Gasteiger partial charge is 0.235 e. The summed E-state index contributed by atoms with van der Waals surface area (Å²) in [6.07, 6.45) is 2.06. The summed E-state index contributed by atoms with van der Waals surface area (Å²) in [6.45, 7) is 2.14. The quantitative estimate of drug-likeness (QED) is 0.659. The van der Waals surface area contributed by atoms with E-state index in [4.69, 9.17) is 4.42 Å². The van der Waals surface area contributed by atoms with Crippen molar-refractivity contribution in [2.24, 2.45) is 0 Å². The molecule has 136 valence electrons. The van der Waals surface area contributed by atoms with Gasteiger partial charge in [-0.25, -0.2) is 13.1 Å². The van der Waals surface area contributed by atoms with E-state index < -0.39 is 15.1 Å². The second-order valence-electron chi connectivity index (χ2n) is 5.96. The van der Waals surface area contributed by atoms with Crippen molar-refractivity contribution in [3.05, 3.63) is 24.2 Å². The molecule has 1 aliphatic rings. The Morgan fingerprint density at radius 2 is 2.36 bits per heavy atom. The van der Waals surface area contributed by atoms with Gasteiger partial charge in [-0.2, -0.15) is 0 Å². The Morgan fingerprint density at radius 1 is 1.56 bits per heavy atom. The topological polar surface area (TPSA) is 111 Å². The average Bonchev–Trinajstić information content (AvgIpc) is 3.29. The number of sulfone groups is 1. The van der Waals surface area contributed by atoms with Gasteiger partial charge in [-0.05, 0) is 35.9 Å². The fraction of sp³-hybridized carbons (Fsp3) is 0.571. The van der Waals surface area contributed by atoms with Crippen LogP contribution in [0.3, 0.4) is 0 Å². The summed E-state index contributed by atoms with van der Waals surface area (Å²) in [5.41, 5.74) is 0. The molecular weight excluding hydrogens is 366 g/mol. The fourth-order valence-electron chi connectivity index (χ4n) is 2.69. The molecule has 25 heavy (non-hydrogen) atoms. The van der Waals surface area contributed by atoms with Gasteiger partial charge in [0, 0.05) is 13.1 Å². The number of carbonyl (C=O) groups excluding carboxylic acids is 1. The first-order valence-electron chi connectivity index (χ1n) is 7.78. The average molecular weight is 385 g/mol. The highest BCUT2D eigenvalue weighted by molar-refractivity contribution is 8.00. The van der Waals surface area contributed by atoms with Crippen LogP contribution in [0.15, 0.2) is 28.0 Å². The molecule has 9 nitrogen and oxygen atoms in total. The minimum absolute atomic E-state index is 0.0306. The second kappa shape index (κ2) is 7.16. The van der Waals surface area contributed by atoms with Crippen molar-refractivity contribution in [1.29, 1.82) is 0 Å². The van der Waals surface area contributed by atoms with Gasteiger partial charge in [-0.15, -0.1) is 5.10 Å². The first-order valence-corrected chi connectivity index (χ1v) is 10.5. The molecule has 1 amide bonds. The van der Waals surface area contributed by atoms with Gasteiger partial charge in [-0.3, -0.25) is 4.79 Å². The number of hydrogen-bond donors (Lipinski definition) is 0. The van der Waals surface area contributed by atoms with Crippen LogP contribution < -0.4 is 0 Å². The molecule has 0 bridgehead atoms. The molecule has 3 heterocycles. The van der Waals surface area contributed by atoms with Gasteiger partial charge in [0.1, 0.15) is 12.3 Å². The van der Waals surface area contributed by atoms with Crippen molar-refractivity contribution in [3.63, 3.8) is 0 Å². The lowest BCUT2D eigenvalue weighted by Gasteiger charge is -2.26. The van der Waals surface area contributed by atoms with Gasteiger partial charge in [0.05, 0.1) is 23.0 Å². The normalized spacial score (nSPS) is 20.5. The fourth-order valence-corrected chi connectivity index (χ4v) is 5.35. The number of amides is 1. The van der Waals surface area contributed by atoms with Gasteiger partial charge in [0.2, 0.25) is 11.1 Å². The summed E-state index contributed by atoms with van der Waals surface area (Å²) in [6, 6.07) is 3.34. The number of hydrogen-bond acceptors (Lipinski definition) is 8. The summed E-state index contributed by atoms with van der Waals surface area (Å²) < 4.78 is 30.1. The molecule has 0 spiro atoms. The van der Waals surface area contributed by atoms with E-state index in [-0.39, 0.29) is 23.5 Å². The van der Waals surface area contributed by atoms with Crippen molar-refractivity contribution >= 4 is 27.5 Å². The molecule has 0 aromatic carbocycles. The minimum atomic E-state index is -3.03.